The molecule has 8 heteroatoms. The molecule has 0 saturated carbocycles. The van der Waals surface area contributed by atoms with Crippen molar-refractivity contribution in [1.29, 1.82) is 0 Å². The van der Waals surface area contributed by atoms with Crippen molar-refractivity contribution in [3.05, 3.63) is 76.9 Å². The van der Waals surface area contributed by atoms with Gasteiger partial charge in [-0.15, -0.1) is 0 Å². The Labute approximate surface area is 215 Å². The first-order valence-corrected chi connectivity index (χ1v) is 12.2. The topological polar surface area (TPSA) is 117 Å². The van der Waals surface area contributed by atoms with Crippen LogP contribution >= 0.6 is 0 Å². The molecule has 3 aromatic carbocycles. The number of carbonyl (C=O) groups is 2. The number of unbranched alkanes of at least 4 members (excludes halogenated alkanes) is 1. The first-order valence-electron chi connectivity index (χ1n) is 12.2. The Hall–Kier alpha value is -4.04. The maximum absolute atomic E-state index is 13.4. The molecule has 1 aliphatic rings. The lowest BCUT2D eigenvalue weighted by atomic mass is 9.98. The quantitative estimate of drug-likeness (QED) is 0.267. The van der Waals surface area contributed by atoms with Gasteiger partial charge < -0.3 is 29.8 Å². The van der Waals surface area contributed by atoms with Crippen molar-refractivity contribution in [2.75, 3.05) is 27.4 Å². The summed E-state index contributed by atoms with van der Waals surface area (Å²) in [5.41, 5.74) is 11.2. The molecule has 3 aromatic rings. The zero-order chi connectivity index (χ0) is 26.4. The van der Waals surface area contributed by atoms with E-state index in [0.717, 1.165) is 22.3 Å². The van der Waals surface area contributed by atoms with E-state index in [2.05, 4.69) is 24.3 Å². The van der Waals surface area contributed by atoms with Gasteiger partial charge >= 0.3 is 11.9 Å². The summed E-state index contributed by atoms with van der Waals surface area (Å²) >= 11 is 0. The number of esters is 1. The largest absolute Gasteiger partial charge is 0.496 e. The van der Waals surface area contributed by atoms with E-state index >= 15 is 0 Å². The van der Waals surface area contributed by atoms with Crippen molar-refractivity contribution in [3.63, 3.8) is 0 Å². The van der Waals surface area contributed by atoms with Crippen LogP contribution in [0.15, 0.2) is 54.6 Å². The molecule has 0 saturated heterocycles. The summed E-state index contributed by atoms with van der Waals surface area (Å²) in [4.78, 5) is 24.1. The molecule has 0 fully saturated rings. The minimum absolute atomic E-state index is 0.0568. The lowest BCUT2D eigenvalue weighted by Gasteiger charge is -2.20. The van der Waals surface area contributed by atoms with Gasteiger partial charge in [0.05, 0.1) is 26.4 Å². The van der Waals surface area contributed by atoms with Crippen LogP contribution in [0.3, 0.4) is 0 Å². The number of ether oxygens (including phenoxy) is 4. The molecule has 37 heavy (non-hydrogen) atoms. The minimum atomic E-state index is -0.849. The maximum Gasteiger partial charge on any atom is 0.345 e. The molecule has 3 N–H and O–H groups in total. The SMILES string of the molecule is COc1cc(OCCCCC(=O)O)c(CN)c(OC)c1C(=O)OCC1c2ccccc2-c2ccccc21. The fourth-order valence-electron chi connectivity index (χ4n) is 4.79. The molecule has 0 radical (unpaired) electrons. The summed E-state index contributed by atoms with van der Waals surface area (Å²) in [7, 11) is 2.90. The van der Waals surface area contributed by atoms with Crippen molar-refractivity contribution in [1.82, 2.24) is 0 Å². The average Bonchev–Trinajstić information content (AvgIpc) is 3.24. The third-order valence-corrected chi connectivity index (χ3v) is 6.53. The van der Waals surface area contributed by atoms with Crippen LogP contribution in [0.25, 0.3) is 11.1 Å². The normalized spacial score (nSPS) is 12.0. The smallest absolute Gasteiger partial charge is 0.345 e. The Kier molecular flexibility index (Phi) is 8.30. The van der Waals surface area contributed by atoms with Crippen LogP contribution in [0.5, 0.6) is 17.2 Å². The Morgan fingerprint density at radius 2 is 1.57 bits per heavy atom. The molecule has 4 rings (SSSR count). The van der Waals surface area contributed by atoms with Crippen LogP contribution in [-0.4, -0.2) is 44.5 Å². The number of hydrogen-bond acceptors (Lipinski definition) is 7. The Morgan fingerprint density at radius 1 is 0.919 bits per heavy atom. The van der Waals surface area contributed by atoms with Gasteiger partial charge in [-0.05, 0) is 35.1 Å². The number of benzene rings is 3. The molecule has 0 heterocycles. The van der Waals surface area contributed by atoms with Gasteiger partial charge in [0, 0.05) is 24.9 Å². The number of nitrogens with two attached hydrogens (primary N) is 1. The van der Waals surface area contributed by atoms with E-state index in [1.807, 2.05) is 24.3 Å². The van der Waals surface area contributed by atoms with Crippen LogP contribution in [0.1, 0.15) is 52.2 Å². The summed E-state index contributed by atoms with van der Waals surface area (Å²) in [5.74, 6) is -0.624. The van der Waals surface area contributed by atoms with E-state index in [1.54, 1.807) is 6.07 Å². The van der Waals surface area contributed by atoms with Crippen molar-refractivity contribution in [2.24, 2.45) is 5.73 Å². The van der Waals surface area contributed by atoms with Gasteiger partial charge in [0.1, 0.15) is 29.4 Å². The Balaban J connectivity index is 1.56. The molecule has 0 spiro atoms. The molecule has 8 nitrogen and oxygen atoms in total. The number of carboxylic acid groups (broad SMARTS) is 1. The standard InChI is InChI=1S/C29H31NO7/c1-34-25-15-24(36-14-8-7-13-26(31)32)22(16-30)28(35-2)27(25)29(33)37-17-23-20-11-5-3-9-18(20)19-10-4-6-12-21(19)23/h3-6,9-12,15,23H,7-8,13-14,16-17,30H2,1-2H3,(H,31,32). The third-order valence-electron chi connectivity index (χ3n) is 6.53. The van der Waals surface area contributed by atoms with E-state index in [9.17, 15) is 9.59 Å². The van der Waals surface area contributed by atoms with Crippen LogP contribution in [0.4, 0.5) is 0 Å². The summed E-state index contributed by atoms with van der Waals surface area (Å²) in [6, 6.07) is 17.9. The minimum Gasteiger partial charge on any atom is -0.496 e. The molecule has 0 atom stereocenters. The molecule has 0 bridgehead atoms. The van der Waals surface area contributed by atoms with Gasteiger partial charge in [-0.25, -0.2) is 4.79 Å². The summed E-state index contributed by atoms with van der Waals surface area (Å²) in [6.45, 7) is 0.497. The Bertz CT molecular complexity index is 1240. The number of carbonyl (C=O) groups excluding carboxylic acids is 1. The number of fused-ring (bicyclic) bond motifs is 3. The van der Waals surface area contributed by atoms with E-state index in [4.69, 9.17) is 29.8 Å². The fraction of sp³-hybridized carbons (Fsp3) is 0.310. The summed E-state index contributed by atoms with van der Waals surface area (Å²) < 4.78 is 22.8. The second-order valence-corrected chi connectivity index (χ2v) is 8.69. The van der Waals surface area contributed by atoms with E-state index in [-0.39, 0.29) is 49.2 Å². The number of hydrogen-bond donors (Lipinski definition) is 2. The van der Waals surface area contributed by atoms with Crippen molar-refractivity contribution < 1.29 is 33.6 Å². The van der Waals surface area contributed by atoms with Gasteiger partial charge in [-0.2, -0.15) is 0 Å². The molecular weight excluding hydrogens is 474 g/mol. The highest BCUT2D eigenvalue weighted by Crippen LogP contribution is 2.45. The summed E-state index contributed by atoms with van der Waals surface area (Å²) in [6.07, 6.45) is 1.11. The number of carboxylic acids is 1. The lowest BCUT2D eigenvalue weighted by molar-refractivity contribution is -0.137. The van der Waals surface area contributed by atoms with E-state index in [1.165, 1.54) is 14.2 Å². The zero-order valence-corrected chi connectivity index (χ0v) is 21.0. The molecule has 0 unspecified atom stereocenters. The van der Waals surface area contributed by atoms with Crippen LogP contribution < -0.4 is 19.9 Å². The highest BCUT2D eigenvalue weighted by atomic mass is 16.5. The second-order valence-electron chi connectivity index (χ2n) is 8.69. The predicted octanol–water partition coefficient (Wildman–Crippen LogP) is 4.77. The van der Waals surface area contributed by atoms with Gasteiger partial charge in [-0.1, -0.05) is 48.5 Å². The number of aliphatic carboxylic acids is 1. The van der Waals surface area contributed by atoms with Crippen LogP contribution in [-0.2, 0) is 16.1 Å². The molecule has 194 valence electrons. The maximum atomic E-state index is 13.4. The van der Waals surface area contributed by atoms with Crippen molar-refractivity contribution >= 4 is 11.9 Å². The third kappa shape index (κ3) is 5.39. The first-order chi connectivity index (χ1) is 18.0. The van der Waals surface area contributed by atoms with Crippen molar-refractivity contribution in [2.45, 2.75) is 31.7 Å². The lowest BCUT2D eigenvalue weighted by Crippen LogP contribution is -2.16. The highest BCUT2D eigenvalue weighted by Gasteiger charge is 2.31. The molecule has 0 aliphatic heterocycles. The number of rotatable bonds is 12. The average molecular weight is 506 g/mol. The highest BCUT2D eigenvalue weighted by molar-refractivity contribution is 5.97. The van der Waals surface area contributed by atoms with E-state index in [0.29, 0.717) is 24.2 Å². The molecule has 1 aliphatic carbocycles. The van der Waals surface area contributed by atoms with Gasteiger partial charge in [-0.3, -0.25) is 4.79 Å². The molecule has 0 aromatic heterocycles. The predicted molar refractivity (Wildman–Crippen MR) is 138 cm³/mol. The molecule has 0 amide bonds. The number of methoxy groups -OCH3 is 2. The van der Waals surface area contributed by atoms with Crippen LogP contribution in [0, 0.1) is 0 Å². The van der Waals surface area contributed by atoms with Gasteiger partial charge in [0.15, 0.2) is 0 Å². The zero-order valence-electron chi connectivity index (χ0n) is 21.0. The monoisotopic (exact) mass is 505 g/mol. The summed E-state index contributed by atoms with van der Waals surface area (Å²) in [5, 5.41) is 8.81. The second kappa shape index (κ2) is 11.8. The van der Waals surface area contributed by atoms with Crippen molar-refractivity contribution in [3.8, 4) is 28.4 Å². The molecular formula is C29H31NO7. The van der Waals surface area contributed by atoms with Gasteiger partial charge in [0.25, 0.3) is 0 Å². The first kappa shape index (κ1) is 26.0. The fourth-order valence-corrected chi connectivity index (χ4v) is 4.79. The van der Waals surface area contributed by atoms with Gasteiger partial charge in [0.2, 0.25) is 0 Å². The van der Waals surface area contributed by atoms with Crippen LogP contribution in [0.2, 0.25) is 0 Å². The van der Waals surface area contributed by atoms with E-state index < -0.39 is 11.9 Å². The Morgan fingerprint density at radius 3 is 2.14 bits per heavy atom.